The van der Waals surface area contributed by atoms with Gasteiger partial charge in [-0.25, -0.2) is 13.8 Å². The number of hydrogen-bond donors (Lipinski definition) is 5. The Morgan fingerprint density at radius 3 is 2.57 bits per heavy atom. The minimum absolute atomic E-state index is 0.00169. The van der Waals surface area contributed by atoms with Crippen molar-refractivity contribution in [3.05, 3.63) is 105 Å². The van der Waals surface area contributed by atoms with Crippen molar-refractivity contribution in [3.8, 4) is 11.4 Å². The molecule has 2 aromatic heterocycles. The summed E-state index contributed by atoms with van der Waals surface area (Å²) in [5, 5.41) is 15.0. The normalized spacial score (nSPS) is 16.8. The highest BCUT2D eigenvalue weighted by Crippen LogP contribution is 2.38. The van der Waals surface area contributed by atoms with E-state index >= 15 is 0 Å². The number of anilines is 3. The van der Waals surface area contributed by atoms with Crippen molar-refractivity contribution >= 4 is 38.9 Å². The zero-order valence-corrected chi connectivity index (χ0v) is 27.6. The maximum atomic E-state index is 14.6. The molecule has 0 amide bonds. The second-order valence-electron chi connectivity index (χ2n) is 12.5. The summed E-state index contributed by atoms with van der Waals surface area (Å²) in [5.74, 6) is 4.68. The highest BCUT2D eigenvalue weighted by Gasteiger charge is 2.35. The predicted molar refractivity (Wildman–Crippen MR) is 187 cm³/mol. The Kier molecular flexibility index (Phi) is 9.33. The number of nitrogens with one attached hydrogen (secondary N) is 2. The Hall–Kier alpha value is -4.44. The smallest absolute Gasteiger partial charge is 0.298 e. The number of piperidine rings is 1. The van der Waals surface area contributed by atoms with Crippen LogP contribution in [0, 0.1) is 11.6 Å². The number of hydrazine groups is 1. The van der Waals surface area contributed by atoms with Gasteiger partial charge in [0.25, 0.3) is 5.56 Å². The molecule has 0 aliphatic carbocycles. The van der Waals surface area contributed by atoms with Crippen molar-refractivity contribution in [2.45, 2.75) is 31.0 Å². The first-order valence-corrected chi connectivity index (χ1v) is 17.0. The topological polar surface area (TPSA) is 147 Å². The Labute approximate surface area is 285 Å². The summed E-state index contributed by atoms with van der Waals surface area (Å²) in [6, 6.07) is 21.1. The number of aromatic nitrogens is 2. The van der Waals surface area contributed by atoms with Crippen LogP contribution < -0.4 is 37.5 Å². The molecule has 0 saturated carbocycles. The summed E-state index contributed by atoms with van der Waals surface area (Å²) in [5.41, 5.74) is 9.85. The van der Waals surface area contributed by atoms with Crippen LogP contribution in [0.15, 0.2) is 77.6 Å². The van der Waals surface area contributed by atoms with Gasteiger partial charge in [-0.1, -0.05) is 24.3 Å². The Morgan fingerprint density at radius 1 is 1.02 bits per heavy atom. The molecule has 7 N–H and O–H groups in total. The van der Waals surface area contributed by atoms with Gasteiger partial charge in [0.1, 0.15) is 34.4 Å². The molecule has 7 rings (SSSR count). The molecule has 1 unspecified atom stereocenters. The lowest BCUT2D eigenvalue weighted by atomic mass is 9.91. The zero-order chi connectivity index (χ0) is 34.1. The van der Waals surface area contributed by atoms with E-state index in [2.05, 4.69) is 25.5 Å². The number of halogens is 2. The van der Waals surface area contributed by atoms with Crippen LogP contribution >= 0.6 is 11.3 Å². The quantitative estimate of drug-likeness (QED) is 0.109. The summed E-state index contributed by atoms with van der Waals surface area (Å²) in [6.07, 6.45) is 1.60. The van der Waals surface area contributed by atoms with E-state index in [1.165, 1.54) is 17.4 Å². The number of fused-ring (bicyclic) bond motifs is 2. The van der Waals surface area contributed by atoms with Gasteiger partial charge in [-0.3, -0.25) is 25.5 Å². The van der Waals surface area contributed by atoms with E-state index < -0.39 is 17.2 Å². The molecular formula is C35H38F2N8O3S. The third kappa shape index (κ3) is 6.75. The number of rotatable bonds is 10. The van der Waals surface area contributed by atoms with Gasteiger partial charge in [-0.05, 0) is 68.4 Å². The number of nitrogen functional groups attached to an aromatic ring is 1. The first-order chi connectivity index (χ1) is 23.7. The number of para-hydroxylation sites is 1. The summed E-state index contributed by atoms with van der Waals surface area (Å²) in [7, 11) is 0. The van der Waals surface area contributed by atoms with Crippen molar-refractivity contribution in [2.75, 3.05) is 50.0 Å². The van der Waals surface area contributed by atoms with Crippen molar-refractivity contribution < 1.29 is 18.6 Å². The number of nitrogens with zero attached hydrogens (tertiary/aromatic N) is 4. The Balaban J connectivity index is 1.05. The first kappa shape index (κ1) is 33.1. The third-order valence-electron chi connectivity index (χ3n) is 9.23. The van der Waals surface area contributed by atoms with E-state index in [-0.39, 0.29) is 36.1 Å². The molecular weight excluding hydrogens is 651 g/mol. The van der Waals surface area contributed by atoms with Gasteiger partial charge in [0, 0.05) is 47.9 Å². The van der Waals surface area contributed by atoms with E-state index in [1.54, 1.807) is 4.57 Å². The fourth-order valence-corrected chi connectivity index (χ4v) is 7.76. The second-order valence-corrected chi connectivity index (χ2v) is 13.6. The molecule has 0 radical (unpaired) electrons. The SMILES string of the molecule is NNCC(O)(CN1CCC(NCc2cc3c(nc(N)c(=O)n3-c3ccc4c(c3)N(c3ccccc3)CCO4)s2)CC1)c1ccc(F)cc1F. The van der Waals surface area contributed by atoms with Crippen LogP contribution in [0.3, 0.4) is 0 Å². The number of thiophene rings is 1. The van der Waals surface area contributed by atoms with Crippen molar-refractivity contribution in [3.63, 3.8) is 0 Å². The molecule has 256 valence electrons. The number of hydrogen-bond acceptors (Lipinski definition) is 11. The van der Waals surface area contributed by atoms with Gasteiger partial charge in [-0.15, -0.1) is 11.3 Å². The minimum Gasteiger partial charge on any atom is -0.490 e. The lowest BCUT2D eigenvalue weighted by Crippen LogP contribution is -2.52. The lowest BCUT2D eigenvalue weighted by Gasteiger charge is -2.38. The van der Waals surface area contributed by atoms with Crippen LogP contribution in [0.5, 0.6) is 5.75 Å². The molecule has 2 aliphatic rings. The fourth-order valence-electron chi connectivity index (χ4n) is 6.79. The molecule has 1 atom stereocenters. The van der Waals surface area contributed by atoms with Crippen LogP contribution in [0.2, 0.25) is 0 Å². The number of likely N-dealkylation sites (tertiary alicyclic amines) is 1. The maximum absolute atomic E-state index is 14.6. The standard InChI is InChI=1S/C35H38F2N8O3S/c36-22-6-8-27(28(37)16-22)35(47,20-41-39)21-43-12-10-23(11-13-43)40-19-26-18-30-33(49-26)42-32(38)34(46)45(30)25-7-9-31-29(17-25)44(14-15-48-31)24-4-2-1-3-5-24/h1-9,16-18,23,40-41,47H,10-15,19-21,39H2,(H2,38,42). The fraction of sp³-hybridized carbons (Fsp3) is 0.314. The molecule has 5 aromatic rings. The van der Waals surface area contributed by atoms with E-state index in [4.69, 9.17) is 16.3 Å². The molecule has 1 saturated heterocycles. The third-order valence-corrected chi connectivity index (χ3v) is 10.2. The molecule has 49 heavy (non-hydrogen) atoms. The van der Waals surface area contributed by atoms with Crippen LogP contribution in [0.25, 0.3) is 16.0 Å². The van der Waals surface area contributed by atoms with Crippen LogP contribution in [0.1, 0.15) is 23.3 Å². The maximum Gasteiger partial charge on any atom is 0.298 e. The van der Waals surface area contributed by atoms with Crippen molar-refractivity contribution in [1.29, 1.82) is 0 Å². The molecule has 2 aliphatic heterocycles. The molecule has 0 spiro atoms. The van der Waals surface area contributed by atoms with Gasteiger partial charge in [0.2, 0.25) is 0 Å². The highest BCUT2D eigenvalue weighted by atomic mass is 32.1. The molecule has 3 aromatic carbocycles. The predicted octanol–water partition coefficient (Wildman–Crippen LogP) is 3.74. The van der Waals surface area contributed by atoms with E-state index in [0.717, 1.165) is 47.0 Å². The number of aliphatic hydroxyl groups is 1. The van der Waals surface area contributed by atoms with Gasteiger partial charge < -0.3 is 25.8 Å². The molecule has 11 nitrogen and oxygen atoms in total. The van der Waals surface area contributed by atoms with E-state index in [9.17, 15) is 18.7 Å². The van der Waals surface area contributed by atoms with E-state index in [1.807, 2.05) is 54.6 Å². The monoisotopic (exact) mass is 688 g/mol. The highest BCUT2D eigenvalue weighted by molar-refractivity contribution is 7.18. The Morgan fingerprint density at radius 2 is 1.82 bits per heavy atom. The summed E-state index contributed by atoms with van der Waals surface area (Å²) in [4.78, 5) is 23.8. The van der Waals surface area contributed by atoms with Crippen LogP contribution in [-0.2, 0) is 12.1 Å². The first-order valence-electron chi connectivity index (χ1n) is 16.2. The minimum atomic E-state index is -1.63. The van der Waals surface area contributed by atoms with Gasteiger partial charge >= 0.3 is 0 Å². The van der Waals surface area contributed by atoms with Crippen molar-refractivity contribution in [1.82, 2.24) is 25.2 Å². The van der Waals surface area contributed by atoms with Gasteiger partial charge in [-0.2, -0.15) is 0 Å². The molecule has 14 heteroatoms. The average Bonchev–Trinajstić information content (AvgIpc) is 3.50. The summed E-state index contributed by atoms with van der Waals surface area (Å²) in [6.45, 7) is 3.19. The van der Waals surface area contributed by atoms with Gasteiger partial charge in [0.15, 0.2) is 5.82 Å². The van der Waals surface area contributed by atoms with Crippen LogP contribution in [0.4, 0.5) is 26.0 Å². The van der Waals surface area contributed by atoms with E-state index in [0.29, 0.717) is 48.8 Å². The number of benzene rings is 3. The number of nitrogens with two attached hydrogens (primary N) is 2. The van der Waals surface area contributed by atoms with Crippen LogP contribution in [-0.4, -0.2) is 64.9 Å². The van der Waals surface area contributed by atoms with Crippen molar-refractivity contribution in [2.24, 2.45) is 5.84 Å². The summed E-state index contributed by atoms with van der Waals surface area (Å²) >= 11 is 1.48. The molecule has 0 bridgehead atoms. The largest absolute Gasteiger partial charge is 0.490 e. The summed E-state index contributed by atoms with van der Waals surface area (Å²) < 4.78 is 35.7. The Bertz CT molecular complexity index is 2020. The zero-order valence-electron chi connectivity index (χ0n) is 26.7. The second kappa shape index (κ2) is 13.8. The average molecular weight is 689 g/mol. The lowest BCUT2D eigenvalue weighted by molar-refractivity contribution is -0.00990. The number of β-amino-alcohol motifs (C(OH)–C–C–N with tert-alkyl or cyclic N) is 1. The molecule has 1 fully saturated rings. The van der Waals surface area contributed by atoms with Gasteiger partial charge in [0.05, 0.1) is 23.4 Å². The molecule has 4 heterocycles. The number of ether oxygens (including phenoxy) is 1.